The van der Waals surface area contributed by atoms with Gasteiger partial charge >= 0.3 is 0 Å². The van der Waals surface area contributed by atoms with Gasteiger partial charge in [0.25, 0.3) is 0 Å². The topological polar surface area (TPSA) is 0 Å². The van der Waals surface area contributed by atoms with Crippen molar-refractivity contribution in [3.63, 3.8) is 0 Å². The molecule has 0 fully saturated rings. The second-order valence-electron chi connectivity index (χ2n) is 7.00. The van der Waals surface area contributed by atoms with Gasteiger partial charge in [0.15, 0.2) is 0 Å². The summed E-state index contributed by atoms with van der Waals surface area (Å²) in [6.45, 7) is 9.23. The normalized spacial score (nSPS) is 11.5. The van der Waals surface area contributed by atoms with Gasteiger partial charge in [0.2, 0.25) is 0 Å². The molecule has 0 bridgehead atoms. The van der Waals surface area contributed by atoms with Gasteiger partial charge in [0.1, 0.15) is 0 Å². The average Bonchev–Trinajstić information content (AvgIpc) is 2.49. The number of benzene rings is 1. The van der Waals surface area contributed by atoms with Crippen LogP contribution in [0.5, 0.6) is 0 Å². The Morgan fingerprint density at radius 3 is 1.36 bits per heavy atom. The Kier molecular flexibility index (Phi) is 10.3. The van der Waals surface area contributed by atoms with Crippen LogP contribution in [0.15, 0.2) is 18.2 Å². The van der Waals surface area contributed by atoms with Gasteiger partial charge in [-0.1, -0.05) is 97.3 Å². The molecule has 1 rings (SSSR count). The molecule has 1 radical (unpaired) electrons. The first-order valence-electron chi connectivity index (χ1n) is 9.73. The lowest BCUT2D eigenvalue weighted by atomic mass is 9.88. The first-order valence-corrected chi connectivity index (χ1v) is 9.73. The Hall–Kier alpha value is -0.780. The van der Waals surface area contributed by atoms with Crippen molar-refractivity contribution < 1.29 is 0 Å². The lowest BCUT2D eigenvalue weighted by Crippen LogP contribution is -2.07. The molecule has 0 N–H and O–H groups in total. The van der Waals surface area contributed by atoms with Crippen LogP contribution in [0.4, 0.5) is 0 Å². The molecule has 125 valence electrons. The van der Waals surface area contributed by atoms with Gasteiger partial charge in [-0.15, -0.1) is 0 Å². The van der Waals surface area contributed by atoms with Crippen molar-refractivity contribution in [1.29, 1.82) is 0 Å². The molecule has 1 aromatic carbocycles. The summed E-state index contributed by atoms with van der Waals surface area (Å²) in [7, 11) is 0. The highest BCUT2D eigenvalue weighted by molar-refractivity contribution is 5.22. The minimum absolute atomic E-state index is 0.851. The molecule has 0 aliphatic heterocycles. The third-order valence-electron chi connectivity index (χ3n) is 4.72. The van der Waals surface area contributed by atoms with Gasteiger partial charge in [-0.2, -0.15) is 0 Å². The predicted octanol–water partition coefficient (Wildman–Crippen LogP) is 7.00. The molecule has 1 aromatic rings. The number of hydrogen-bond donors (Lipinski definition) is 0. The zero-order chi connectivity index (χ0) is 16.2. The maximum Gasteiger partial charge on any atom is -0.0114 e. The maximum absolute atomic E-state index is 3.74. The standard InChI is InChI=1S/C22H37/c1-5-10-19(11-6-2)16-21-14-9-15-22(18-21)17-20(12-7-3)13-8-4/h9,14-15,19-20H,5-8,10-13,16-17H2,1-4H3. The Morgan fingerprint density at radius 1 is 0.682 bits per heavy atom. The molecular weight excluding hydrogens is 264 g/mol. The number of hydrogen-bond acceptors (Lipinski definition) is 0. The Bertz CT molecular complexity index is 334. The van der Waals surface area contributed by atoms with Crippen molar-refractivity contribution in [2.45, 2.75) is 91.9 Å². The van der Waals surface area contributed by atoms with Crippen molar-refractivity contribution in [2.75, 3.05) is 0 Å². The average molecular weight is 302 g/mol. The smallest absolute Gasteiger partial charge is 0.0114 e. The lowest BCUT2D eigenvalue weighted by Gasteiger charge is -2.17. The molecule has 0 spiro atoms. The molecule has 22 heavy (non-hydrogen) atoms. The molecular formula is C22H37. The highest BCUT2D eigenvalue weighted by atomic mass is 14.2. The third kappa shape index (κ3) is 7.47. The van der Waals surface area contributed by atoms with Crippen LogP contribution >= 0.6 is 0 Å². The van der Waals surface area contributed by atoms with Crippen LogP contribution < -0.4 is 0 Å². The second kappa shape index (κ2) is 11.7. The fourth-order valence-electron chi connectivity index (χ4n) is 3.76. The minimum atomic E-state index is 0.851. The molecule has 0 aliphatic carbocycles. The Labute approximate surface area is 139 Å². The summed E-state index contributed by atoms with van der Waals surface area (Å²) < 4.78 is 0. The summed E-state index contributed by atoms with van der Waals surface area (Å²) >= 11 is 0. The Balaban J connectivity index is 2.67. The molecule has 0 saturated heterocycles. The van der Waals surface area contributed by atoms with Crippen LogP contribution in [-0.2, 0) is 12.8 Å². The van der Waals surface area contributed by atoms with Gasteiger partial charge in [-0.3, -0.25) is 0 Å². The molecule has 0 nitrogen and oxygen atoms in total. The minimum Gasteiger partial charge on any atom is -0.0654 e. The quantitative estimate of drug-likeness (QED) is 0.389. The van der Waals surface area contributed by atoms with Gasteiger partial charge in [-0.25, -0.2) is 0 Å². The number of rotatable bonds is 12. The van der Waals surface area contributed by atoms with Crippen molar-refractivity contribution in [1.82, 2.24) is 0 Å². The van der Waals surface area contributed by atoms with Crippen molar-refractivity contribution >= 4 is 0 Å². The Morgan fingerprint density at radius 2 is 1.05 bits per heavy atom. The molecule has 0 saturated carbocycles. The van der Waals surface area contributed by atoms with E-state index in [9.17, 15) is 0 Å². The van der Waals surface area contributed by atoms with E-state index in [1.165, 1.54) is 75.3 Å². The zero-order valence-corrected chi connectivity index (χ0v) is 15.5. The van der Waals surface area contributed by atoms with Gasteiger partial charge in [0, 0.05) is 0 Å². The summed E-state index contributed by atoms with van der Waals surface area (Å²) in [5, 5.41) is 0. The van der Waals surface area contributed by atoms with Crippen LogP contribution in [0.1, 0.15) is 90.2 Å². The lowest BCUT2D eigenvalue weighted by molar-refractivity contribution is 0.433. The zero-order valence-electron chi connectivity index (χ0n) is 15.5. The highest BCUT2D eigenvalue weighted by Crippen LogP contribution is 2.22. The third-order valence-corrected chi connectivity index (χ3v) is 4.72. The van der Waals surface area contributed by atoms with Gasteiger partial charge < -0.3 is 0 Å². The highest BCUT2D eigenvalue weighted by Gasteiger charge is 2.11. The summed E-state index contributed by atoms with van der Waals surface area (Å²) in [5.74, 6) is 1.70. The van der Waals surface area contributed by atoms with Crippen molar-refractivity contribution in [3.05, 3.63) is 35.4 Å². The molecule has 0 aromatic heterocycles. The SMILES string of the molecule is CCCC(CCC)Cc1[c]c(CC(CCC)CCC)ccc1. The van der Waals surface area contributed by atoms with E-state index in [0.717, 1.165) is 11.8 Å². The van der Waals surface area contributed by atoms with E-state index in [4.69, 9.17) is 0 Å². The fourth-order valence-corrected chi connectivity index (χ4v) is 3.76. The summed E-state index contributed by atoms with van der Waals surface area (Å²) in [5.41, 5.74) is 2.88. The van der Waals surface area contributed by atoms with Gasteiger partial charge in [0.05, 0.1) is 0 Å². The van der Waals surface area contributed by atoms with E-state index in [2.05, 4.69) is 52.0 Å². The molecule has 0 unspecified atom stereocenters. The van der Waals surface area contributed by atoms with Crippen LogP contribution in [0, 0.1) is 17.9 Å². The maximum atomic E-state index is 3.74. The molecule has 0 amide bonds. The van der Waals surface area contributed by atoms with E-state index < -0.39 is 0 Å². The van der Waals surface area contributed by atoms with Crippen LogP contribution in [-0.4, -0.2) is 0 Å². The first-order chi connectivity index (χ1) is 10.7. The molecule has 0 heteroatoms. The summed E-state index contributed by atoms with van der Waals surface area (Å²) in [6, 6.07) is 10.6. The van der Waals surface area contributed by atoms with E-state index in [1.807, 2.05) is 0 Å². The van der Waals surface area contributed by atoms with Crippen LogP contribution in [0.25, 0.3) is 0 Å². The molecule has 0 atom stereocenters. The molecule has 0 heterocycles. The van der Waals surface area contributed by atoms with Crippen molar-refractivity contribution in [3.8, 4) is 0 Å². The van der Waals surface area contributed by atoms with E-state index in [0.29, 0.717) is 0 Å². The second-order valence-corrected chi connectivity index (χ2v) is 7.00. The fraction of sp³-hybridized carbons (Fsp3) is 0.727. The first kappa shape index (κ1) is 19.3. The van der Waals surface area contributed by atoms with Gasteiger partial charge in [-0.05, 0) is 41.9 Å². The van der Waals surface area contributed by atoms with Crippen LogP contribution in [0.2, 0.25) is 0 Å². The summed E-state index contributed by atoms with van der Waals surface area (Å²) in [6.07, 6.45) is 13.1. The predicted molar refractivity (Wildman–Crippen MR) is 99.3 cm³/mol. The molecule has 0 aliphatic rings. The summed E-state index contributed by atoms with van der Waals surface area (Å²) in [4.78, 5) is 0. The van der Waals surface area contributed by atoms with Crippen LogP contribution in [0.3, 0.4) is 0 Å². The van der Waals surface area contributed by atoms with E-state index in [-0.39, 0.29) is 0 Å². The van der Waals surface area contributed by atoms with E-state index in [1.54, 1.807) is 0 Å². The monoisotopic (exact) mass is 301 g/mol. The van der Waals surface area contributed by atoms with E-state index >= 15 is 0 Å². The largest absolute Gasteiger partial charge is 0.0654 e. The van der Waals surface area contributed by atoms with Crippen molar-refractivity contribution in [2.24, 2.45) is 11.8 Å².